The fourth-order valence-corrected chi connectivity index (χ4v) is 4.94. The molecule has 5 nitrogen and oxygen atoms in total. The second-order valence-electron chi connectivity index (χ2n) is 7.03. The summed E-state index contributed by atoms with van der Waals surface area (Å²) in [4.78, 5) is 12.4. The Morgan fingerprint density at radius 3 is 2.52 bits per heavy atom. The summed E-state index contributed by atoms with van der Waals surface area (Å²) in [6.45, 7) is 0. The van der Waals surface area contributed by atoms with Crippen LogP contribution in [0, 0.1) is 0 Å². The summed E-state index contributed by atoms with van der Waals surface area (Å²) in [7, 11) is -3.41. The number of fused-ring (bicyclic) bond motifs is 1. The topological polar surface area (TPSA) is 89.3 Å². The maximum absolute atomic E-state index is 12.5. The van der Waals surface area contributed by atoms with Gasteiger partial charge in [-0.15, -0.1) is 12.4 Å². The quantitative estimate of drug-likeness (QED) is 0.811. The summed E-state index contributed by atoms with van der Waals surface area (Å²) in [6, 6.07) is 5.76. The zero-order valence-electron chi connectivity index (χ0n) is 14.4. The van der Waals surface area contributed by atoms with E-state index in [4.69, 9.17) is 5.73 Å². The molecule has 1 aromatic carbocycles. The van der Waals surface area contributed by atoms with E-state index in [0.29, 0.717) is 4.90 Å². The molecule has 1 aromatic rings. The second-order valence-corrected chi connectivity index (χ2v) is 9.14. The fraction of sp³-hybridized carbons (Fsp3) is 0.611. The van der Waals surface area contributed by atoms with Crippen molar-refractivity contribution in [3.8, 4) is 0 Å². The van der Waals surface area contributed by atoms with Crippen molar-refractivity contribution < 1.29 is 13.2 Å². The standard InChI is InChI=1S/C18H26N2O3S.ClH/c19-15-5-7-16(8-6-15)20-18(21)10-11-24(22,23)17-9-4-13-2-1-3-14(13)12-17;/h4,9,12,15-16H,1-3,5-8,10-11,19H2,(H,20,21);1H. The van der Waals surface area contributed by atoms with E-state index in [1.807, 2.05) is 6.07 Å². The first-order chi connectivity index (χ1) is 11.4. The molecule has 0 atom stereocenters. The van der Waals surface area contributed by atoms with Crippen molar-refractivity contribution in [2.45, 2.75) is 68.3 Å². The summed E-state index contributed by atoms with van der Waals surface area (Å²) in [5.74, 6) is -0.315. The van der Waals surface area contributed by atoms with Crippen molar-refractivity contribution in [1.29, 1.82) is 0 Å². The van der Waals surface area contributed by atoms with E-state index < -0.39 is 9.84 Å². The minimum absolute atomic E-state index is 0. The van der Waals surface area contributed by atoms with Crippen LogP contribution in [-0.4, -0.2) is 32.2 Å². The number of amides is 1. The Morgan fingerprint density at radius 1 is 1.12 bits per heavy atom. The highest BCUT2D eigenvalue weighted by Crippen LogP contribution is 2.25. The van der Waals surface area contributed by atoms with Crippen LogP contribution in [0.3, 0.4) is 0 Å². The largest absolute Gasteiger partial charge is 0.353 e. The summed E-state index contributed by atoms with van der Waals surface area (Å²) in [6.07, 6.45) is 6.67. The molecule has 1 saturated carbocycles. The van der Waals surface area contributed by atoms with E-state index in [9.17, 15) is 13.2 Å². The molecular weight excluding hydrogens is 360 g/mol. The lowest BCUT2D eigenvalue weighted by atomic mass is 9.92. The Labute approximate surface area is 156 Å². The minimum Gasteiger partial charge on any atom is -0.353 e. The number of rotatable bonds is 5. The highest BCUT2D eigenvalue weighted by atomic mass is 35.5. The maximum Gasteiger partial charge on any atom is 0.221 e. The lowest BCUT2D eigenvalue weighted by molar-refractivity contribution is -0.121. The number of nitrogens with two attached hydrogens (primary N) is 1. The van der Waals surface area contributed by atoms with Gasteiger partial charge in [0.15, 0.2) is 9.84 Å². The van der Waals surface area contributed by atoms with Crippen LogP contribution in [0.5, 0.6) is 0 Å². The first-order valence-corrected chi connectivity index (χ1v) is 10.5. The SMILES string of the molecule is Cl.NC1CCC(NC(=O)CCS(=O)(=O)c2ccc3c(c2)CCC3)CC1. The van der Waals surface area contributed by atoms with Gasteiger partial charge in [0.2, 0.25) is 5.91 Å². The molecule has 0 aromatic heterocycles. The molecule has 0 heterocycles. The van der Waals surface area contributed by atoms with E-state index in [-0.39, 0.29) is 42.6 Å². The van der Waals surface area contributed by atoms with E-state index in [0.717, 1.165) is 50.5 Å². The van der Waals surface area contributed by atoms with Gasteiger partial charge in [0, 0.05) is 18.5 Å². The minimum atomic E-state index is -3.41. The molecule has 0 radical (unpaired) electrons. The highest BCUT2D eigenvalue weighted by Gasteiger charge is 2.22. The van der Waals surface area contributed by atoms with Gasteiger partial charge in [-0.2, -0.15) is 0 Å². The Balaban J connectivity index is 0.00000225. The molecule has 1 amide bonds. The number of halogens is 1. The van der Waals surface area contributed by atoms with Crippen LogP contribution in [-0.2, 0) is 27.5 Å². The van der Waals surface area contributed by atoms with Crippen molar-refractivity contribution in [2.24, 2.45) is 5.73 Å². The van der Waals surface area contributed by atoms with Crippen LogP contribution >= 0.6 is 12.4 Å². The average molecular weight is 387 g/mol. The van der Waals surface area contributed by atoms with Gasteiger partial charge in [0.1, 0.15) is 0 Å². The molecular formula is C18H27ClN2O3S. The van der Waals surface area contributed by atoms with E-state index in [1.165, 1.54) is 5.56 Å². The Kier molecular flexibility index (Phi) is 6.88. The smallest absolute Gasteiger partial charge is 0.221 e. The summed E-state index contributed by atoms with van der Waals surface area (Å²) < 4.78 is 25.0. The fourth-order valence-electron chi connectivity index (χ4n) is 3.65. The molecule has 0 unspecified atom stereocenters. The van der Waals surface area contributed by atoms with Crippen LogP contribution in [0.2, 0.25) is 0 Å². The molecule has 3 rings (SSSR count). The maximum atomic E-state index is 12.5. The second kappa shape index (κ2) is 8.52. The van der Waals surface area contributed by atoms with Crippen molar-refractivity contribution >= 4 is 28.2 Å². The number of nitrogens with one attached hydrogen (secondary N) is 1. The highest BCUT2D eigenvalue weighted by molar-refractivity contribution is 7.91. The lowest BCUT2D eigenvalue weighted by Crippen LogP contribution is -2.40. The van der Waals surface area contributed by atoms with E-state index >= 15 is 0 Å². The Bertz CT molecular complexity index is 713. The molecule has 0 aliphatic heterocycles. The molecule has 0 spiro atoms. The summed E-state index contributed by atoms with van der Waals surface area (Å²) in [5, 5.41) is 2.95. The molecule has 0 bridgehead atoms. The van der Waals surface area contributed by atoms with Crippen LogP contribution in [0.25, 0.3) is 0 Å². The molecule has 7 heteroatoms. The summed E-state index contributed by atoms with van der Waals surface area (Å²) >= 11 is 0. The normalized spacial score (nSPS) is 22.8. The lowest BCUT2D eigenvalue weighted by Gasteiger charge is -2.26. The molecule has 0 saturated heterocycles. The molecule has 25 heavy (non-hydrogen) atoms. The third-order valence-electron chi connectivity index (χ3n) is 5.16. The molecule has 1 fully saturated rings. The predicted octanol–water partition coefficient (Wildman–Crippen LogP) is 2.15. The number of sulfone groups is 1. The third-order valence-corrected chi connectivity index (χ3v) is 6.88. The van der Waals surface area contributed by atoms with Crippen LogP contribution in [0.1, 0.15) is 49.7 Å². The van der Waals surface area contributed by atoms with Crippen molar-refractivity contribution in [1.82, 2.24) is 5.32 Å². The van der Waals surface area contributed by atoms with Crippen LogP contribution < -0.4 is 11.1 Å². The van der Waals surface area contributed by atoms with Gasteiger partial charge in [0.05, 0.1) is 10.6 Å². The third kappa shape index (κ3) is 5.19. The molecule has 2 aliphatic carbocycles. The average Bonchev–Trinajstić information content (AvgIpc) is 3.03. The molecule has 2 aliphatic rings. The van der Waals surface area contributed by atoms with E-state index in [1.54, 1.807) is 12.1 Å². The summed E-state index contributed by atoms with van der Waals surface area (Å²) in [5.41, 5.74) is 8.24. The van der Waals surface area contributed by atoms with Crippen LogP contribution in [0.4, 0.5) is 0 Å². The van der Waals surface area contributed by atoms with Gasteiger partial charge in [0.25, 0.3) is 0 Å². The molecule has 3 N–H and O–H groups in total. The first kappa shape index (κ1) is 20.2. The zero-order valence-corrected chi connectivity index (χ0v) is 16.0. The van der Waals surface area contributed by atoms with Crippen molar-refractivity contribution in [3.05, 3.63) is 29.3 Å². The zero-order chi connectivity index (χ0) is 17.2. The van der Waals surface area contributed by atoms with Gasteiger partial charge in [-0.3, -0.25) is 4.79 Å². The number of aryl methyl sites for hydroxylation is 2. The number of hydrogen-bond donors (Lipinski definition) is 2. The van der Waals surface area contributed by atoms with Gasteiger partial charge in [-0.25, -0.2) is 8.42 Å². The van der Waals surface area contributed by atoms with Gasteiger partial charge in [-0.05, 0) is 68.2 Å². The van der Waals surface area contributed by atoms with Gasteiger partial charge >= 0.3 is 0 Å². The van der Waals surface area contributed by atoms with E-state index in [2.05, 4.69) is 5.32 Å². The number of benzene rings is 1. The number of carbonyl (C=O) groups excluding carboxylic acids is 1. The molecule has 140 valence electrons. The first-order valence-electron chi connectivity index (χ1n) is 8.83. The monoisotopic (exact) mass is 386 g/mol. The Morgan fingerprint density at radius 2 is 1.80 bits per heavy atom. The Hall–Kier alpha value is -1.11. The number of carbonyl (C=O) groups is 1. The predicted molar refractivity (Wildman–Crippen MR) is 101 cm³/mol. The van der Waals surface area contributed by atoms with Crippen molar-refractivity contribution in [3.63, 3.8) is 0 Å². The van der Waals surface area contributed by atoms with Gasteiger partial charge < -0.3 is 11.1 Å². The van der Waals surface area contributed by atoms with Crippen molar-refractivity contribution in [2.75, 3.05) is 5.75 Å². The van der Waals surface area contributed by atoms with Crippen LogP contribution in [0.15, 0.2) is 23.1 Å². The number of hydrogen-bond acceptors (Lipinski definition) is 4. The van der Waals surface area contributed by atoms with Gasteiger partial charge in [-0.1, -0.05) is 6.07 Å².